The van der Waals surface area contributed by atoms with Gasteiger partial charge in [0.1, 0.15) is 5.01 Å². The number of amides is 1. The van der Waals surface area contributed by atoms with Crippen molar-refractivity contribution in [3.63, 3.8) is 0 Å². The molecule has 0 fully saturated rings. The Kier molecular flexibility index (Phi) is 2.65. The van der Waals surface area contributed by atoms with E-state index in [0.29, 0.717) is 5.01 Å². The number of carbonyl (C=O) groups is 1. The normalized spacial score (nSPS) is 15.1. The summed E-state index contributed by atoms with van der Waals surface area (Å²) in [5.41, 5.74) is 1.01. The van der Waals surface area contributed by atoms with Gasteiger partial charge in [0.25, 0.3) is 5.91 Å². The summed E-state index contributed by atoms with van der Waals surface area (Å²) in [4.78, 5) is 15.1. The van der Waals surface area contributed by atoms with Crippen molar-refractivity contribution in [2.45, 2.75) is 19.4 Å². The van der Waals surface area contributed by atoms with Crippen LogP contribution in [0.4, 0.5) is 0 Å². The van der Waals surface area contributed by atoms with Crippen LogP contribution in [0.2, 0.25) is 0 Å². The van der Waals surface area contributed by atoms with Gasteiger partial charge in [-0.15, -0.1) is 11.3 Å². The van der Waals surface area contributed by atoms with Crippen molar-refractivity contribution >= 4 is 17.2 Å². The number of aliphatic hydroxyl groups is 1. The molecule has 0 spiro atoms. The largest absolute Gasteiger partial charge is 0.374 e. The third kappa shape index (κ3) is 1.85. The van der Waals surface area contributed by atoms with Crippen molar-refractivity contribution in [2.75, 3.05) is 0 Å². The third-order valence-electron chi connectivity index (χ3n) is 1.61. The molecule has 6 heteroatoms. The van der Waals surface area contributed by atoms with E-state index in [4.69, 9.17) is 5.84 Å². The molecule has 1 atom stereocenters. The van der Waals surface area contributed by atoms with Crippen LogP contribution in [0.25, 0.3) is 0 Å². The zero-order valence-corrected chi connectivity index (χ0v) is 8.18. The van der Waals surface area contributed by atoms with Gasteiger partial charge in [-0.05, 0) is 13.8 Å². The number of hydrazine groups is 1. The zero-order valence-electron chi connectivity index (χ0n) is 7.37. The van der Waals surface area contributed by atoms with Crippen LogP contribution < -0.4 is 11.3 Å². The fourth-order valence-corrected chi connectivity index (χ4v) is 1.67. The van der Waals surface area contributed by atoms with Crippen molar-refractivity contribution in [3.8, 4) is 0 Å². The highest BCUT2D eigenvalue weighted by Crippen LogP contribution is 2.23. The molecule has 0 radical (unpaired) electrons. The quantitative estimate of drug-likeness (QED) is 0.346. The van der Waals surface area contributed by atoms with Crippen LogP contribution in [0.5, 0.6) is 0 Å². The topological polar surface area (TPSA) is 88.2 Å². The van der Waals surface area contributed by atoms with E-state index in [0.717, 1.165) is 5.69 Å². The van der Waals surface area contributed by atoms with E-state index in [1.165, 1.54) is 18.3 Å². The number of nitrogens with one attached hydrogen (secondary N) is 1. The van der Waals surface area contributed by atoms with E-state index >= 15 is 0 Å². The standard InChI is InChI=1S/C7H11N3O2S/c1-4-3-13-6(9-4)7(2,12)5(11)10-8/h3,12H,8H2,1-2H3,(H,10,11)/t7-/m1/s1. The van der Waals surface area contributed by atoms with Gasteiger partial charge in [-0.25, -0.2) is 10.8 Å². The Labute approximate surface area is 79.6 Å². The van der Waals surface area contributed by atoms with Gasteiger partial charge in [0.2, 0.25) is 0 Å². The van der Waals surface area contributed by atoms with Crippen LogP contribution >= 0.6 is 11.3 Å². The summed E-state index contributed by atoms with van der Waals surface area (Å²) in [5.74, 6) is 4.25. The molecule has 0 bridgehead atoms. The number of nitrogens with zero attached hydrogens (tertiary/aromatic N) is 1. The number of aromatic nitrogens is 1. The lowest BCUT2D eigenvalue weighted by Crippen LogP contribution is -2.45. The fraction of sp³-hybridized carbons (Fsp3) is 0.429. The number of thiazole rings is 1. The summed E-state index contributed by atoms with van der Waals surface area (Å²) in [7, 11) is 0. The molecule has 0 saturated carbocycles. The average molecular weight is 201 g/mol. The molecule has 1 aromatic rings. The molecular weight excluding hydrogens is 190 g/mol. The highest BCUT2D eigenvalue weighted by atomic mass is 32.1. The number of hydrogen-bond donors (Lipinski definition) is 3. The van der Waals surface area contributed by atoms with Crippen LogP contribution in [0.1, 0.15) is 17.6 Å². The molecule has 0 aliphatic heterocycles. The minimum absolute atomic E-state index is 0.341. The first-order valence-corrected chi connectivity index (χ1v) is 4.52. The Morgan fingerprint density at radius 2 is 2.46 bits per heavy atom. The van der Waals surface area contributed by atoms with Gasteiger partial charge in [0.15, 0.2) is 5.60 Å². The number of carbonyl (C=O) groups excluding carboxylic acids is 1. The van der Waals surface area contributed by atoms with Gasteiger partial charge >= 0.3 is 0 Å². The molecule has 1 heterocycles. The molecule has 1 aromatic heterocycles. The Balaban J connectivity index is 2.99. The maximum Gasteiger partial charge on any atom is 0.272 e. The second-order valence-corrected chi connectivity index (χ2v) is 3.70. The van der Waals surface area contributed by atoms with Gasteiger partial charge in [-0.2, -0.15) is 0 Å². The number of rotatable bonds is 2. The van der Waals surface area contributed by atoms with Crippen LogP contribution in [-0.2, 0) is 10.4 Å². The maximum absolute atomic E-state index is 11.1. The minimum atomic E-state index is -1.65. The van der Waals surface area contributed by atoms with E-state index in [-0.39, 0.29) is 0 Å². The summed E-state index contributed by atoms with van der Waals surface area (Å²) in [6.45, 7) is 3.14. The Bertz CT molecular complexity index is 321. The van der Waals surface area contributed by atoms with Crippen LogP contribution in [0.3, 0.4) is 0 Å². The molecule has 5 nitrogen and oxygen atoms in total. The smallest absolute Gasteiger partial charge is 0.272 e. The van der Waals surface area contributed by atoms with Crippen molar-refractivity contribution in [1.82, 2.24) is 10.4 Å². The second kappa shape index (κ2) is 3.41. The fourth-order valence-electron chi connectivity index (χ4n) is 0.815. The van der Waals surface area contributed by atoms with Gasteiger partial charge in [-0.3, -0.25) is 10.2 Å². The Hall–Kier alpha value is -0.980. The summed E-state index contributed by atoms with van der Waals surface area (Å²) in [6, 6.07) is 0. The van der Waals surface area contributed by atoms with Crippen LogP contribution in [0.15, 0.2) is 5.38 Å². The summed E-state index contributed by atoms with van der Waals surface area (Å²) >= 11 is 1.22. The van der Waals surface area contributed by atoms with Crippen LogP contribution in [-0.4, -0.2) is 16.0 Å². The minimum Gasteiger partial charge on any atom is -0.374 e. The van der Waals surface area contributed by atoms with E-state index in [1.54, 1.807) is 12.3 Å². The molecule has 72 valence electrons. The molecule has 0 unspecified atom stereocenters. The van der Waals surface area contributed by atoms with Crippen molar-refractivity contribution < 1.29 is 9.90 Å². The van der Waals surface area contributed by atoms with Gasteiger partial charge in [0.05, 0.1) is 0 Å². The second-order valence-electron chi connectivity index (χ2n) is 2.84. The highest BCUT2D eigenvalue weighted by Gasteiger charge is 2.34. The molecule has 1 rings (SSSR count). The maximum atomic E-state index is 11.1. The summed E-state index contributed by atoms with van der Waals surface area (Å²) < 4.78 is 0. The number of nitrogens with two attached hydrogens (primary N) is 1. The summed E-state index contributed by atoms with van der Waals surface area (Å²) in [6.07, 6.45) is 0. The van der Waals surface area contributed by atoms with E-state index in [2.05, 4.69) is 4.98 Å². The molecule has 0 aromatic carbocycles. The number of hydrogen-bond acceptors (Lipinski definition) is 5. The van der Waals surface area contributed by atoms with E-state index in [1.807, 2.05) is 5.43 Å². The van der Waals surface area contributed by atoms with Gasteiger partial charge in [-0.1, -0.05) is 0 Å². The van der Waals surface area contributed by atoms with E-state index < -0.39 is 11.5 Å². The van der Waals surface area contributed by atoms with Crippen molar-refractivity contribution in [3.05, 3.63) is 16.1 Å². The average Bonchev–Trinajstić information content (AvgIpc) is 2.50. The van der Waals surface area contributed by atoms with Crippen molar-refractivity contribution in [2.24, 2.45) is 5.84 Å². The first-order valence-electron chi connectivity index (χ1n) is 3.64. The monoisotopic (exact) mass is 201 g/mol. The van der Waals surface area contributed by atoms with Crippen molar-refractivity contribution in [1.29, 1.82) is 0 Å². The Morgan fingerprint density at radius 1 is 1.85 bits per heavy atom. The lowest BCUT2D eigenvalue weighted by Gasteiger charge is -2.17. The third-order valence-corrected chi connectivity index (χ3v) is 2.78. The lowest BCUT2D eigenvalue weighted by atomic mass is 10.1. The van der Waals surface area contributed by atoms with E-state index in [9.17, 15) is 9.90 Å². The molecule has 0 saturated heterocycles. The molecule has 13 heavy (non-hydrogen) atoms. The molecule has 1 amide bonds. The first kappa shape index (κ1) is 10.1. The predicted molar refractivity (Wildman–Crippen MR) is 48.8 cm³/mol. The zero-order chi connectivity index (χ0) is 10.1. The molecular formula is C7H11N3O2S. The lowest BCUT2D eigenvalue weighted by molar-refractivity contribution is -0.139. The predicted octanol–water partition coefficient (Wildman–Crippen LogP) is -0.351. The number of aryl methyl sites for hydroxylation is 1. The van der Waals surface area contributed by atoms with Crippen LogP contribution in [0, 0.1) is 6.92 Å². The van der Waals surface area contributed by atoms with Gasteiger partial charge < -0.3 is 5.11 Å². The molecule has 0 aliphatic rings. The Morgan fingerprint density at radius 3 is 2.85 bits per heavy atom. The highest BCUT2D eigenvalue weighted by molar-refractivity contribution is 7.10. The van der Waals surface area contributed by atoms with Gasteiger partial charge in [0, 0.05) is 11.1 Å². The SMILES string of the molecule is Cc1csc([C@](C)(O)C(=O)NN)n1. The molecule has 0 aliphatic carbocycles. The molecule has 4 N–H and O–H groups in total. The summed E-state index contributed by atoms with van der Waals surface area (Å²) in [5, 5.41) is 11.8. The first-order chi connectivity index (χ1) is 5.98.